The van der Waals surface area contributed by atoms with Crippen LogP contribution in [0, 0.1) is 59.2 Å². The van der Waals surface area contributed by atoms with Crippen LogP contribution in [0.25, 0.3) is 22.3 Å². The number of nitrogens with zero attached hydrogens (tertiary/aromatic N) is 4. The number of nitrogen functional groups attached to an aromatic ring is 2. The van der Waals surface area contributed by atoms with E-state index in [1.165, 1.54) is 11.1 Å². The summed E-state index contributed by atoms with van der Waals surface area (Å²) >= 11 is 0. The second-order valence-corrected chi connectivity index (χ2v) is 10.0. The molecule has 0 atom stereocenters. The molecular formula is C34H26N6. The standard InChI is InChI=1S/2C17H13N3/c2*1-10-12-7-6-11-4-2-3-5-13(11)16(12)15(9-19)17(20)14(10)8-18/h2*2-5H,6-7,20H2,1H3. The van der Waals surface area contributed by atoms with E-state index < -0.39 is 0 Å². The van der Waals surface area contributed by atoms with Gasteiger partial charge in [0, 0.05) is 11.1 Å². The first-order valence-corrected chi connectivity index (χ1v) is 13.0. The Hall–Kier alpha value is -5.56. The van der Waals surface area contributed by atoms with Crippen molar-refractivity contribution in [2.75, 3.05) is 11.5 Å². The number of nitrogens with two attached hydrogens (primary N) is 2. The van der Waals surface area contributed by atoms with E-state index in [1.807, 2.05) is 50.2 Å². The molecule has 192 valence electrons. The number of benzene rings is 4. The van der Waals surface area contributed by atoms with Crippen molar-refractivity contribution in [3.05, 3.63) is 104 Å². The van der Waals surface area contributed by atoms with Crippen LogP contribution >= 0.6 is 0 Å². The largest absolute Gasteiger partial charge is 0.397 e. The van der Waals surface area contributed by atoms with Crippen LogP contribution in [0.3, 0.4) is 0 Å². The molecule has 4 aromatic rings. The SMILES string of the molecule is Cc1c(C#N)c(N)c(C#N)c2c1CCc1ccccc1-2.Cc1c(C#N)c(N)c(C#N)c2c1CCc1ccccc1-2. The van der Waals surface area contributed by atoms with Crippen molar-refractivity contribution in [2.45, 2.75) is 39.5 Å². The molecule has 0 saturated carbocycles. The molecular weight excluding hydrogens is 492 g/mol. The van der Waals surface area contributed by atoms with Gasteiger partial charge >= 0.3 is 0 Å². The Kier molecular flexibility index (Phi) is 6.71. The predicted octanol–water partition coefficient (Wildman–Crippen LogP) is 6.17. The summed E-state index contributed by atoms with van der Waals surface area (Å²) in [5, 5.41) is 37.5. The maximum atomic E-state index is 9.47. The summed E-state index contributed by atoms with van der Waals surface area (Å²) in [5.41, 5.74) is 24.9. The minimum absolute atomic E-state index is 0.308. The Bertz CT molecular complexity index is 1750. The fraction of sp³-hybridized carbons (Fsp3) is 0.176. The molecule has 2 aliphatic rings. The third-order valence-electron chi connectivity index (χ3n) is 8.15. The lowest BCUT2D eigenvalue weighted by molar-refractivity contribution is 0.929. The highest BCUT2D eigenvalue weighted by Crippen LogP contribution is 2.43. The second kappa shape index (κ2) is 10.3. The molecule has 6 rings (SSSR count). The van der Waals surface area contributed by atoms with Crippen molar-refractivity contribution in [1.82, 2.24) is 0 Å². The fourth-order valence-corrected chi connectivity index (χ4v) is 6.13. The number of rotatable bonds is 0. The summed E-state index contributed by atoms with van der Waals surface area (Å²) in [5.74, 6) is 0. The van der Waals surface area contributed by atoms with Crippen molar-refractivity contribution >= 4 is 11.4 Å². The maximum absolute atomic E-state index is 9.47. The molecule has 0 unspecified atom stereocenters. The molecule has 4 aromatic carbocycles. The smallest absolute Gasteiger partial charge is 0.102 e. The molecule has 0 saturated heterocycles. The Morgan fingerprint density at radius 3 is 1.23 bits per heavy atom. The monoisotopic (exact) mass is 518 g/mol. The summed E-state index contributed by atoms with van der Waals surface area (Å²) in [6.45, 7) is 3.84. The highest BCUT2D eigenvalue weighted by Gasteiger charge is 2.27. The van der Waals surface area contributed by atoms with Crippen molar-refractivity contribution in [2.24, 2.45) is 0 Å². The Balaban J connectivity index is 0.000000161. The first-order chi connectivity index (χ1) is 19.4. The first-order valence-electron chi connectivity index (χ1n) is 13.0. The highest BCUT2D eigenvalue weighted by atomic mass is 14.6. The topological polar surface area (TPSA) is 147 Å². The molecule has 0 aromatic heterocycles. The van der Waals surface area contributed by atoms with E-state index in [1.54, 1.807) is 0 Å². The maximum Gasteiger partial charge on any atom is 0.102 e. The number of hydrogen-bond acceptors (Lipinski definition) is 6. The van der Waals surface area contributed by atoms with E-state index in [9.17, 15) is 21.0 Å². The van der Waals surface area contributed by atoms with Gasteiger partial charge in [-0.25, -0.2) is 0 Å². The van der Waals surface area contributed by atoms with Gasteiger partial charge in [0.2, 0.25) is 0 Å². The first kappa shape index (κ1) is 26.1. The number of nitriles is 4. The third-order valence-corrected chi connectivity index (χ3v) is 8.15. The van der Waals surface area contributed by atoms with Gasteiger partial charge in [-0.05, 0) is 84.0 Å². The van der Waals surface area contributed by atoms with Crippen LogP contribution in [0.4, 0.5) is 11.4 Å². The highest BCUT2D eigenvalue weighted by molar-refractivity contribution is 5.88. The van der Waals surface area contributed by atoms with Crippen molar-refractivity contribution in [3.8, 4) is 46.5 Å². The lowest BCUT2D eigenvalue weighted by atomic mass is 9.79. The van der Waals surface area contributed by atoms with Crippen LogP contribution in [0.15, 0.2) is 48.5 Å². The predicted molar refractivity (Wildman–Crippen MR) is 156 cm³/mol. The number of aryl methyl sites for hydroxylation is 2. The van der Waals surface area contributed by atoms with Crippen LogP contribution in [0.5, 0.6) is 0 Å². The van der Waals surface area contributed by atoms with Gasteiger partial charge in [0.05, 0.1) is 33.6 Å². The van der Waals surface area contributed by atoms with Gasteiger partial charge in [-0.2, -0.15) is 21.0 Å². The normalized spacial score (nSPS) is 11.9. The van der Waals surface area contributed by atoms with Gasteiger partial charge in [-0.3, -0.25) is 0 Å². The Labute approximate surface area is 233 Å². The molecule has 40 heavy (non-hydrogen) atoms. The van der Waals surface area contributed by atoms with Gasteiger partial charge in [-0.15, -0.1) is 0 Å². The van der Waals surface area contributed by atoms with E-state index >= 15 is 0 Å². The minimum Gasteiger partial charge on any atom is -0.397 e. The van der Waals surface area contributed by atoms with Crippen molar-refractivity contribution < 1.29 is 0 Å². The number of fused-ring (bicyclic) bond motifs is 6. The molecule has 0 amide bonds. The van der Waals surface area contributed by atoms with E-state index in [0.717, 1.165) is 70.2 Å². The van der Waals surface area contributed by atoms with Crippen molar-refractivity contribution in [3.63, 3.8) is 0 Å². The number of hydrogen-bond donors (Lipinski definition) is 2. The van der Waals surface area contributed by atoms with Crippen molar-refractivity contribution in [1.29, 1.82) is 21.0 Å². The summed E-state index contributed by atoms with van der Waals surface area (Å²) in [6, 6.07) is 24.8. The minimum atomic E-state index is 0.308. The quantitative estimate of drug-likeness (QED) is 0.266. The van der Waals surface area contributed by atoms with E-state index in [-0.39, 0.29) is 0 Å². The second-order valence-electron chi connectivity index (χ2n) is 10.0. The van der Waals surface area contributed by atoms with Gasteiger partial charge < -0.3 is 11.5 Å². The summed E-state index contributed by atoms with van der Waals surface area (Å²) in [4.78, 5) is 0. The molecule has 6 nitrogen and oxygen atoms in total. The third kappa shape index (κ3) is 3.92. The summed E-state index contributed by atoms with van der Waals surface area (Å²) in [6.07, 6.45) is 3.57. The van der Waals surface area contributed by atoms with Crippen LogP contribution in [-0.4, -0.2) is 0 Å². The van der Waals surface area contributed by atoms with E-state index in [4.69, 9.17) is 11.5 Å². The molecule has 2 aliphatic carbocycles. The van der Waals surface area contributed by atoms with Gasteiger partial charge in [0.25, 0.3) is 0 Å². The molecule has 0 radical (unpaired) electrons. The van der Waals surface area contributed by atoms with E-state index in [2.05, 4.69) is 36.4 Å². The molecule has 0 heterocycles. The van der Waals surface area contributed by atoms with Gasteiger partial charge in [0.1, 0.15) is 24.3 Å². The van der Waals surface area contributed by atoms with E-state index in [0.29, 0.717) is 33.6 Å². The summed E-state index contributed by atoms with van der Waals surface area (Å²) in [7, 11) is 0. The lowest BCUT2D eigenvalue weighted by Crippen LogP contribution is -2.11. The zero-order chi connectivity index (χ0) is 28.6. The zero-order valence-corrected chi connectivity index (χ0v) is 22.4. The molecule has 6 heteroatoms. The van der Waals surface area contributed by atoms with Gasteiger partial charge in [0.15, 0.2) is 0 Å². The summed E-state index contributed by atoms with van der Waals surface area (Å²) < 4.78 is 0. The van der Waals surface area contributed by atoms with Crippen LogP contribution in [0.2, 0.25) is 0 Å². The Morgan fingerprint density at radius 2 is 0.875 bits per heavy atom. The van der Waals surface area contributed by atoms with Crippen LogP contribution in [0.1, 0.15) is 55.6 Å². The lowest BCUT2D eigenvalue weighted by Gasteiger charge is -2.24. The average Bonchev–Trinajstić information content (AvgIpc) is 2.98. The zero-order valence-electron chi connectivity index (χ0n) is 22.4. The molecule has 0 spiro atoms. The molecule has 4 N–H and O–H groups in total. The molecule has 0 fully saturated rings. The Morgan fingerprint density at radius 1 is 0.525 bits per heavy atom. The molecule has 0 aliphatic heterocycles. The average molecular weight is 519 g/mol. The van der Waals surface area contributed by atoms with Gasteiger partial charge in [-0.1, -0.05) is 48.5 Å². The van der Waals surface area contributed by atoms with Crippen LogP contribution < -0.4 is 11.5 Å². The number of anilines is 2. The molecule has 0 bridgehead atoms. The van der Waals surface area contributed by atoms with Crippen LogP contribution in [-0.2, 0) is 25.7 Å². The fourth-order valence-electron chi connectivity index (χ4n) is 6.13.